The fraction of sp³-hybridized carbons (Fsp3) is 0.562. The first-order valence-electron chi connectivity index (χ1n) is 7.46. The van der Waals surface area contributed by atoms with Gasteiger partial charge in [0.15, 0.2) is 0 Å². The number of carbonyl (C=O) groups is 1. The van der Waals surface area contributed by atoms with Crippen molar-refractivity contribution in [2.45, 2.75) is 32.4 Å². The Hall–Kier alpha value is -1.10. The van der Waals surface area contributed by atoms with E-state index in [9.17, 15) is 4.79 Å². The van der Waals surface area contributed by atoms with Crippen molar-refractivity contribution in [2.24, 2.45) is 5.92 Å². The number of nitrogens with one attached hydrogen (secondary N) is 2. The van der Waals surface area contributed by atoms with Crippen molar-refractivity contribution in [3.63, 3.8) is 0 Å². The molecule has 0 aromatic heterocycles. The predicted molar refractivity (Wildman–Crippen MR) is 84.5 cm³/mol. The molecule has 3 atom stereocenters. The van der Waals surface area contributed by atoms with Crippen molar-refractivity contribution < 1.29 is 9.53 Å². The number of amides is 1. The van der Waals surface area contributed by atoms with Gasteiger partial charge in [-0.1, -0.05) is 36.7 Å². The number of benzene rings is 1. The van der Waals surface area contributed by atoms with Gasteiger partial charge in [0, 0.05) is 17.1 Å². The van der Waals surface area contributed by atoms with Crippen molar-refractivity contribution in [1.82, 2.24) is 10.6 Å². The Morgan fingerprint density at radius 2 is 2.19 bits per heavy atom. The van der Waals surface area contributed by atoms with Crippen molar-refractivity contribution in [3.05, 3.63) is 34.9 Å². The zero-order chi connectivity index (χ0) is 15.2. The highest BCUT2D eigenvalue weighted by molar-refractivity contribution is 6.31. The average molecular weight is 311 g/mol. The van der Waals surface area contributed by atoms with Crippen molar-refractivity contribution in [2.75, 3.05) is 19.8 Å². The smallest absolute Gasteiger partial charge is 0.227 e. The highest BCUT2D eigenvalue weighted by Crippen LogP contribution is 2.18. The second-order valence-corrected chi connectivity index (χ2v) is 5.92. The second kappa shape index (κ2) is 7.78. The Morgan fingerprint density at radius 1 is 1.43 bits per heavy atom. The Morgan fingerprint density at radius 3 is 2.90 bits per heavy atom. The molecule has 1 heterocycles. The minimum absolute atomic E-state index is 0.0419. The molecule has 1 aliphatic rings. The van der Waals surface area contributed by atoms with E-state index >= 15 is 0 Å². The summed E-state index contributed by atoms with van der Waals surface area (Å²) >= 11 is 6.15. The Labute approximate surface area is 131 Å². The molecule has 0 saturated carbocycles. The van der Waals surface area contributed by atoms with E-state index in [0.717, 1.165) is 23.6 Å². The monoisotopic (exact) mass is 310 g/mol. The van der Waals surface area contributed by atoms with Crippen LogP contribution in [0.2, 0.25) is 5.02 Å². The molecule has 1 aromatic carbocycles. The number of halogens is 1. The van der Waals surface area contributed by atoms with E-state index in [-0.39, 0.29) is 23.9 Å². The summed E-state index contributed by atoms with van der Waals surface area (Å²) in [6, 6.07) is 7.89. The molecule has 21 heavy (non-hydrogen) atoms. The third-order valence-corrected chi connectivity index (χ3v) is 4.12. The van der Waals surface area contributed by atoms with E-state index in [0.29, 0.717) is 13.2 Å². The average Bonchev–Trinajstić information content (AvgIpc) is 2.90. The molecular weight excluding hydrogens is 288 g/mol. The van der Waals surface area contributed by atoms with Crippen LogP contribution in [0.4, 0.5) is 0 Å². The third kappa shape index (κ3) is 4.43. The minimum Gasteiger partial charge on any atom is -0.379 e. The van der Waals surface area contributed by atoms with Gasteiger partial charge in [0.1, 0.15) is 0 Å². The van der Waals surface area contributed by atoms with Crippen LogP contribution in [-0.2, 0) is 16.0 Å². The maximum atomic E-state index is 12.4. The van der Waals surface area contributed by atoms with Gasteiger partial charge in [0.05, 0.1) is 19.1 Å². The van der Waals surface area contributed by atoms with Crippen LogP contribution in [0.15, 0.2) is 24.3 Å². The zero-order valence-corrected chi connectivity index (χ0v) is 13.3. The number of rotatable bonds is 6. The topological polar surface area (TPSA) is 50.4 Å². The normalized spacial score (nSPS) is 23.0. The van der Waals surface area contributed by atoms with E-state index in [1.165, 1.54) is 0 Å². The van der Waals surface area contributed by atoms with Crippen LogP contribution in [0.3, 0.4) is 0 Å². The SMILES string of the molecule is CCNC1COCC1C(=O)NC(C)Cc1ccccc1Cl. The van der Waals surface area contributed by atoms with Crippen molar-refractivity contribution in [1.29, 1.82) is 0 Å². The molecule has 116 valence electrons. The summed E-state index contributed by atoms with van der Waals surface area (Å²) < 4.78 is 5.42. The van der Waals surface area contributed by atoms with Crippen LogP contribution < -0.4 is 10.6 Å². The van der Waals surface area contributed by atoms with Crippen molar-refractivity contribution in [3.8, 4) is 0 Å². The molecule has 1 aliphatic heterocycles. The van der Waals surface area contributed by atoms with Crippen LogP contribution >= 0.6 is 11.6 Å². The lowest BCUT2D eigenvalue weighted by molar-refractivity contribution is -0.126. The first-order valence-corrected chi connectivity index (χ1v) is 7.84. The van der Waals surface area contributed by atoms with Crippen molar-refractivity contribution >= 4 is 17.5 Å². The van der Waals surface area contributed by atoms with Gasteiger partial charge in [-0.05, 0) is 31.5 Å². The lowest BCUT2D eigenvalue weighted by atomic mass is 10.0. The van der Waals surface area contributed by atoms with Gasteiger partial charge in [0.2, 0.25) is 5.91 Å². The molecular formula is C16H23ClN2O2. The molecule has 1 fully saturated rings. The quantitative estimate of drug-likeness (QED) is 0.845. The zero-order valence-electron chi connectivity index (χ0n) is 12.6. The lowest BCUT2D eigenvalue weighted by Crippen LogP contribution is -2.46. The van der Waals surface area contributed by atoms with Gasteiger partial charge in [-0.25, -0.2) is 0 Å². The Kier molecular flexibility index (Phi) is 6.03. The van der Waals surface area contributed by atoms with Crippen LogP contribution in [0.25, 0.3) is 0 Å². The number of hydrogen-bond acceptors (Lipinski definition) is 3. The van der Waals surface area contributed by atoms with Crippen LogP contribution in [-0.4, -0.2) is 37.7 Å². The second-order valence-electron chi connectivity index (χ2n) is 5.51. The minimum atomic E-state index is -0.112. The molecule has 1 amide bonds. The van der Waals surface area contributed by atoms with Gasteiger partial charge in [0.25, 0.3) is 0 Å². The van der Waals surface area contributed by atoms with E-state index in [1.54, 1.807) is 0 Å². The molecule has 1 aromatic rings. The summed E-state index contributed by atoms with van der Waals surface area (Å²) in [4.78, 5) is 12.4. The molecule has 4 nitrogen and oxygen atoms in total. The van der Waals surface area contributed by atoms with Gasteiger partial charge < -0.3 is 15.4 Å². The Bertz CT molecular complexity index is 481. The number of ether oxygens (including phenoxy) is 1. The van der Waals surface area contributed by atoms with E-state index in [1.807, 2.05) is 38.1 Å². The summed E-state index contributed by atoms with van der Waals surface area (Å²) in [5, 5.41) is 7.11. The summed E-state index contributed by atoms with van der Waals surface area (Å²) in [7, 11) is 0. The highest BCUT2D eigenvalue weighted by Gasteiger charge is 2.33. The van der Waals surface area contributed by atoms with E-state index in [4.69, 9.17) is 16.3 Å². The molecule has 2 N–H and O–H groups in total. The van der Waals surface area contributed by atoms with Gasteiger partial charge >= 0.3 is 0 Å². The third-order valence-electron chi connectivity index (χ3n) is 3.76. The van der Waals surface area contributed by atoms with Gasteiger partial charge in [-0.3, -0.25) is 4.79 Å². The van der Waals surface area contributed by atoms with Crippen LogP contribution in [0, 0.1) is 5.92 Å². The summed E-state index contributed by atoms with van der Waals surface area (Å²) in [6.07, 6.45) is 0.727. The molecule has 0 aliphatic carbocycles. The van der Waals surface area contributed by atoms with Crippen LogP contribution in [0.1, 0.15) is 19.4 Å². The number of likely N-dealkylation sites (N-methyl/N-ethyl adjacent to an activating group) is 1. The number of hydrogen-bond donors (Lipinski definition) is 2. The maximum Gasteiger partial charge on any atom is 0.227 e. The summed E-state index contributed by atoms with van der Waals surface area (Å²) in [6.45, 7) is 5.97. The number of carbonyl (C=O) groups excluding carboxylic acids is 1. The maximum absolute atomic E-state index is 12.4. The predicted octanol–water partition coefficient (Wildman–Crippen LogP) is 2.01. The van der Waals surface area contributed by atoms with Gasteiger partial charge in [-0.2, -0.15) is 0 Å². The fourth-order valence-corrected chi connectivity index (χ4v) is 2.88. The molecule has 2 rings (SSSR count). The molecule has 0 bridgehead atoms. The largest absolute Gasteiger partial charge is 0.379 e. The molecule has 5 heteroatoms. The molecule has 1 saturated heterocycles. The standard InChI is InChI=1S/C16H23ClN2O2/c1-3-18-15-10-21-9-13(15)16(20)19-11(2)8-12-6-4-5-7-14(12)17/h4-7,11,13,15,18H,3,8-10H2,1-2H3,(H,19,20). The Balaban J connectivity index is 1.88. The molecule has 0 radical (unpaired) electrons. The lowest BCUT2D eigenvalue weighted by Gasteiger charge is -2.21. The first kappa shape index (κ1) is 16.3. The fourth-order valence-electron chi connectivity index (χ4n) is 2.67. The van der Waals surface area contributed by atoms with Crippen LogP contribution in [0.5, 0.6) is 0 Å². The van der Waals surface area contributed by atoms with E-state index < -0.39 is 0 Å². The highest BCUT2D eigenvalue weighted by atomic mass is 35.5. The molecule has 0 spiro atoms. The first-order chi connectivity index (χ1) is 10.1. The van der Waals surface area contributed by atoms with E-state index in [2.05, 4.69) is 10.6 Å². The summed E-state index contributed by atoms with van der Waals surface area (Å²) in [5.41, 5.74) is 1.05. The molecule has 3 unspecified atom stereocenters. The summed E-state index contributed by atoms with van der Waals surface area (Å²) in [5.74, 6) is -0.0587. The van der Waals surface area contributed by atoms with Gasteiger partial charge in [-0.15, -0.1) is 0 Å².